The van der Waals surface area contributed by atoms with Gasteiger partial charge in [0, 0.05) is 5.69 Å². The van der Waals surface area contributed by atoms with Crippen molar-refractivity contribution in [3.63, 3.8) is 0 Å². The standard InChI is InChI=1S/C19H21NO4.C10H20O2/c1-4-16(24-17-9-8-12(2)10-13(17)3)18(21)20-15-7-5-6-14(11-15)19(22)23;1-6-8(2)7-10(3,4)9(11)12-5/h5-11,16H,4H2,1-3H3,(H,20,21)(H,22,23);8H,6-7H2,1-5H3. The number of ether oxygens (including phenoxy) is 2. The van der Waals surface area contributed by atoms with Gasteiger partial charge in [0.1, 0.15) is 5.75 Å². The summed E-state index contributed by atoms with van der Waals surface area (Å²) in [6.45, 7) is 14.0. The normalized spacial score (nSPS) is 12.4. The van der Waals surface area contributed by atoms with Crippen molar-refractivity contribution in [3.05, 3.63) is 59.2 Å². The predicted molar refractivity (Wildman–Crippen MR) is 143 cm³/mol. The Morgan fingerprint density at radius 2 is 1.69 bits per heavy atom. The third-order valence-corrected chi connectivity index (χ3v) is 5.93. The molecule has 0 saturated heterocycles. The fourth-order valence-electron chi connectivity index (χ4n) is 3.73. The van der Waals surface area contributed by atoms with Crippen molar-refractivity contribution < 1.29 is 29.0 Å². The number of nitrogens with one attached hydrogen (secondary N) is 1. The molecule has 2 aromatic rings. The van der Waals surface area contributed by atoms with Crippen molar-refractivity contribution in [1.29, 1.82) is 0 Å². The molecule has 0 saturated carbocycles. The highest BCUT2D eigenvalue weighted by molar-refractivity contribution is 5.96. The van der Waals surface area contributed by atoms with Crippen LogP contribution in [0.15, 0.2) is 42.5 Å². The van der Waals surface area contributed by atoms with E-state index in [9.17, 15) is 14.4 Å². The first-order valence-corrected chi connectivity index (χ1v) is 12.3. The molecule has 198 valence electrons. The topological polar surface area (TPSA) is 102 Å². The summed E-state index contributed by atoms with van der Waals surface area (Å²) in [5.74, 6) is -0.200. The molecule has 2 atom stereocenters. The van der Waals surface area contributed by atoms with Gasteiger partial charge in [-0.25, -0.2) is 4.79 Å². The molecule has 0 heterocycles. The van der Waals surface area contributed by atoms with Crippen LogP contribution in [0.4, 0.5) is 5.69 Å². The molecule has 36 heavy (non-hydrogen) atoms. The average Bonchev–Trinajstić information content (AvgIpc) is 2.83. The molecule has 0 aliphatic rings. The van der Waals surface area contributed by atoms with Gasteiger partial charge in [-0.3, -0.25) is 9.59 Å². The lowest BCUT2D eigenvalue weighted by Crippen LogP contribution is -2.32. The predicted octanol–water partition coefficient (Wildman–Crippen LogP) is 6.42. The smallest absolute Gasteiger partial charge is 0.335 e. The number of benzene rings is 2. The van der Waals surface area contributed by atoms with E-state index in [1.807, 2.05) is 52.8 Å². The van der Waals surface area contributed by atoms with E-state index in [4.69, 9.17) is 14.6 Å². The monoisotopic (exact) mass is 499 g/mol. The van der Waals surface area contributed by atoms with Crippen LogP contribution in [0.1, 0.15) is 75.4 Å². The maximum absolute atomic E-state index is 12.4. The highest BCUT2D eigenvalue weighted by Gasteiger charge is 2.29. The third-order valence-electron chi connectivity index (χ3n) is 5.93. The molecule has 2 rings (SSSR count). The summed E-state index contributed by atoms with van der Waals surface area (Å²) in [7, 11) is 1.45. The first-order valence-electron chi connectivity index (χ1n) is 12.3. The SMILES string of the molecule is CCC(C)CC(C)(C)C(=O)OC.CCC(Oc1ccc(C)cc1C)C(=O)Nc1cccc(C(=O)O)c1. The number of carbonyl (C=O) groups excluding carboxylic acids is 2. The first-order chi connectivity index (χ1) is 16.8. The Kier molecular flexibility index (Phi) is 12.2. The number of anilines is 1. The number of carboxylic acid groups (broad SMARTS) is 1. The van der Waals surface area contributed by atoms with Crippen molar-refractivity contribution in [1.82, 2.24) is 0 Å². The third kappa shape index (κ3) is 9.72. The van der Waals surface area contributed by atoms with Crippen LogP contribution in [0.3, 0.4) is 0 Å². The molecule has 2 aromatic carbocycles. The second kappa shape index (κ2) is 14.3. The summed E-state index contributed by atoms with van der Waals surface area (Å²) in [6.07, 6.45) is 1.86. The fraction of sp³-hybridized carbons (Fsp3) is 0.483. The number of carbonyl (C=O) groups is 3. The molecule has 0 bridgehead atoms. The van der Waals surface area contributed by atoms with Gasteiger partial charge in [-0.2, -0.15) is 0 Å². The fourth-order valence-corrected chi connectivity index (χ4v) is 3.73. The minimum atomic E-state index is -1.04. The summed E-state index contributed by atoms with van der Waals surface area (Å²) in [6, 6.07) is 11.9. The van der Waals surface area contributed by atoms with Crippen LogP contribution < -0.4 is 10.1 Å². The molecule has 0 fully saturated rings. The Bertz CT molecular complexity index is 1030. The van der Waals surface area contributed by atoms with Crippen molar-refractivity contribution in [2.75, 3.05) is 12.4 Å². The van der Waals surface area contributed by atoms with Crippen LogP contribution in [-0.4, -0.2) is 36.2 Å². The number of aryl methyl sites for hydroxylation is 2. The molecule has 0 aliphatic heterocycles. The van der Waals surface area contributed by atoms with Crippen molar-refractivity contribution in [3.8, 4) is 5.75 Å². The molecule has 0 aromatic heterocycles. The molecular weight excluding hydrogens is 458 g/mol. The van der Waals surface area contributed by atoms with Gasteiger partial charge in [0.25, 0.3) is 5.91 Å². The number of esters is 1. The minimum absolute atomic E-state index is 0.109. The van der Waals surface area contributed by atoms with E-state index < -0.39 is 12.1 Å². The van der Waals surface area contributed by atoms with Crippen LogP contribution in [0.5, 0.6) is 5.75 Å². The van der Waals surface area contributed by atoms with E-state index in [2.05, 4.69) is 19.2 Å². The van der Waals surface area contributed by atoms with Crippen LogP contribution >= 0.6 is 0 Å². The summed E-state index contributed by atoms with van der Waals surface area (Å²) in [5, 5.41) is 11.7. The van der Waals surface area contributed by atoms with E-state index >= 15 is 0 Å². The van der Waals surface area contributed by atoms with Crippen LogP contribution in [0.25, 0.3) is 0 Å². The number of carboxylic acids is 1. The summed E-state index contributed by atoms with van der Waals surface area (Å²) in [4.78, 5) is 34.7. The molecular formula is C29H41NO6. The Morgan fingerprint density at radius 3 is 2.22 bits per heavy atom. The molecule has 0 spiro atoms. The van der Waals surface area contributed by atoms with Gasteiger partial charge in [-0.05, 0) is 76.3 Å². The summed E-state index contributed by atoms with van der Waals surface area (Å²) in [5.41, 5.74) is 2.32. The van der Waals surface area contributed by atoms with E-state index in [-0.39, 0.29) is 22.9 Å². The van der Waals surface area contributed by atoms with E-state index in [0.717, 1.165) is 24.0 Å². The van der Waals surface area contributed by atoms with Crippen LogP contribution in [0, 0.1) is 25.2 Å². The molecule has 2 N–H and O–H groups in total. The van der Waals surface area contributed by atoms with Gasteiger partial charge < -0.3 is 19.9 Å². The zero-order valence-electron chi connectivity index (χ0n) is 22.8. The van der Waals surface area contributed by atoms with E-state index in [1.165, 1.54) is 19.2 Å². The second-order valence-corrected chi connectivity index (χ2v) is 9.75. The average molecular weight is 500 g/mol. The molecule has 1 amide bonds. The lowest BCUT2D eigenvalue weighted by molar-refractivity contribution is -0.151. The Morgan fingerprint density at radius 1 is 1.03 bits per heavy atom. The number of rotatable bonds is 10. The molecule has 0 aliphatic carbocycles. The van der Waals surface area contributed by atoms with Crippen molar-refractivity contribution >= 4 is 23.5 Å². The number of aromatic carboxylic acids is 1. The van der Waals surface area contributed by atoms with E-state index in [0.29, 0.717) is 23.8 Å². The quantitative estimate of drug-likeness (QED) is 0.366. The lowest BCUT2D eigenvalue weighted by Gasteiger charge is -2.24. The molecule has 7 nitrogen and oxygen atoms in total. The van der Waals surface area contributed by atoms with Crippen LogP contribution in [0.2, 0.25) is 0 Å². The Hall–Kier alpha value is -3.35. The second-order valence-electron chi connectivity index (χ2n) is 9.75. The summed E-state index contributed by atoms with van der Waals surface area (Å²) < 4.78 is 10.6. The maximum atomic E-state index is 12.4. The highest BCUT2D eigenvalue weighted by Crippen LogP contribution is 2.28. The Balaban J connectivity index is 0.000000457. The van der Waals surface area contributed by atoms with Crippen LogP contribution in [-0.2, 0) is 14.3 Å². The number of hydrogen-bond donors (Lipinski definition) is 2. The maximum Gasteiger partial charge on any atom is 0.335 e. The zero-order valence-corrected chi connectivity index (χ0v) is 22.8. The van der Waals surface area contributed by atoms with Gasteiger partial charge in [-0.15, -0.1) is 0 Å². The number of hydrogen-bond acceptors (Lipinski definition) is 5. The van der Waals surface area contributed by atoms with Crippen molar-refractivity contribution in [2.24, 2.45) is 11.3 Å². The molecule has 0 radical (unpaired) electrons. The zero-order chi connectivity index (χ0) is 27.5. The Labute approximate surface area is 215 Å². The van der Waals surface area contributed by atoms with Gasteiger partial charge in [-0.1, -0.05) is 51.0 Å². The van der Waals surface area contributed by atoms with E-state index in [1.54, 1.807) is 12.1 Å². The van der Waals surface area contributed by atoms with Crippen molar-refractivity contribution in [2.45, 2.75) is 73.8 Å². The number of amides is 1. The largest absolute Gasteiger partial charge is 0.480 e. The number of methoxy groups -OCH3 is 1. The van der Waals surface area contributed by atoms with Gasteiger partial charge in [0.05, 0.1) is 18.1 Å². The molecule has 2 unspecified atom stereocenters. The van der Waals surface area contributed by atoms with Gasteiger partial charge in [0.2, 0.25) is 0 Å². The van der Waals surface area contributed by atoms with Gasteiger partial charge in [0.15, 0.2) is 6.10 Å². The minimum Gasteiger partial charge on any atom is -0.480 e. The van der Waals surface area contributed by atoms with Gasteiger partial charge >= 0.3 is 11.9 Å². The lowest BCUT2D eigenvalue weighted by atomic mass is 9.82. The molecule has 7 heteroatoms. The highest BCUT2D eigenvalue weighted by atomic mass is 16.5. The summed E-state index contributed by atoms with van der Waals surface area (Å²) >= 11 is 0. The first kappa shape index (κ1) is 30.7.